The second-order valence-corrected chi connectivity index (χ2v) is 8.75. The molecule has 26 heavy (non-hydrogen) atoms. The number of carbonyl (C=O) groups excluding carboxylic acids is 1. The van der Waals surface area contributed by atoms with Crippen LogP contribution in [0.25, 0.3) is 0 Å². The van der Waals surface area contributed by atoms with Gasteiger partial charge in [-0.1, -0.05) is 35.9 Å². The van der Waals surface area contributed by atoms with E-state index in [1.807, 2.05) is 45.9 Å². The molecule has 0 aliphatic rings. The maximum atomic E-state index is 12.6. The molecular formula is C20H26N2O3S. The number of carbonyl (C=O) groups is 1. The Balaban J connectivity index is 2.04. The van der Waals surface area contributed by atoms with Gasteiger partial charge in [-0.15, -0.1) is 0 Å². The molecule has 0 aliphatic carbocycles. The van der Waals surface area contributed by atoms with Crippen molar-refractivity contribution in [2.45, 2.75) is 38.6 Å². The molecule has 1 N–H and O–H groups in total. The molecule has 1 amide bonds. The molecule has 0 bridgehead atoms. The van der Waals surface area contributed by atoms with E-state index < -0.39 is 10.0 Å². The number of sulfonamides is 1. The molecule has 2 aromatic carbocycles. The third-order valence-corrected chi connectivity index (χ3v) is 6.32. The number of amides is 1. The largest absolute Gasteiger partial charge is 0.348 e. The molecule has 0 radical (unpaired) electrons. The van der Waals surface area contributed by atoms with E-state index in [1.54, 1.807) is 24.3 Å². The van der Waals surface area contributed by atoms with E-state index in [2.05, 4.69) is 5.32 Å². The van der Waals surface area contributed by atoms with Crippen molar-refractivity contribution in [2.75, 3.05) is 13.6 Å². The molecule has 2 rings (SSSR count). The number of rotatable bonds is 6. The van der Waals surface area contributed by atoms with Crippen LogP contribution in [0.2, 0.25) is 0 Å². The second kappa shape index (κ2) is 8.01. The molecule has 0 aromatic heterocycles. The van der Waals surface area contributed by atoms with E-state index in [4.69, 9.17) is 0 Å². The van der Waals surface area contributed by atoms with Crippen LogP contribution in [-0.2, 0) is 14.8 Å². The lowest BCUT2D eigenvalue weighted by atomic mass is 10.0. The number of likely N-dealkylation sites (N-methyl/N-ethyl adjacent to an activating group) is 1. The van der Waals surface area contributed by atoms with E-state index in [-0.39, 0.29) is 23.4 Å². The van der Waals surface area contributed by atoms with Crippen molar-refractivity contribution in [3.05, 3.63) is 64.7 Å². The highest BCUT2D eigenvalue weighted by Gasteiger charge is 2.23. The standard InChI is InChI=1S/C20H26N2O3S/c1-14-6-10-19(11-7-14)26(24,25)22(5)13-20(23)21-17(4)18-9-8-15(2)16(3)12-18/h6-12,17H,13H2,1-5H3,(H,21,23)/t17-/m1/s1. The van der Waals surface area contributed by atoms with Crippen LogP contribution in [-0.4, -0.2) is 32.2 Å². The third kappa shape index (κ3) is 4.71. The predicted molar refractivity (Wildman–Crippen MR) is 103 cm³/mol. The fourth-order valence-corrected chi connectivity index (χ4v) is 3.71. The first-order valence-electron chi connectivity index (χ1n) is 8.51. The van der Waals surface area contributed by atoms with Crippen LogP contribution in [0.4, 0.5) is 0 Å². The summed E-state index contributed by atoms with van der Waals surface area (Å²) in [5.74, 6) is -0.339. The first-order chi connectivity index (χ1) is 12.1. The van der Waals surface area contributed by atoms with E-state index in [0.29, 0.717) is 0 Å². The van der Waals surface area contributed by atoms with Crippen molar-refractivity contribution in [2.24, 2.45) is 0 Å². The van der Waals surface area contributed by atoms with Gasteiger partial charge < -0.3 is 5.32 Å². The Hall–Kier alpha value is -2.18. The van der Waals surface area contributed by atoms with Crippen LogP contribution in [0.15, 0.2) is 47.4 Å². The zero-order chi connectivity index (χ0) is 19.5. The van der Waals surface area contributed by atoms with Crippen molar-refractivity contribution >= 4 is 15.9 Å². The summed E-state index contributed by atoms with van der Waals surface area (Å²) in [4.78, 5) is 12.5. The van der Waals surface area contributed by atoms with Crippen LogP contribution in [0.1, 0.15) is 35.2 Å². The van der Waals surface area contributed by atoms with Gasteiger partial charge in [-0.25, -0.2) is 8.42 Å². The molecule has 140 valence electrons. The van der Waals surface area contributed by atoms with E-state index in [1.165, 1.54) is 12.6 Å². The fraction of sp³-hybridized carbons (Fsp3) is 0.350. The van der Waals surface area contributed by atoms with Gasteiger partial charge >= 0.3 is 0 Å². The Kier molecular flexibility index (Phi) is 6.21. The smallest absolute Gasteiger partial charge is 0.243 e. The molecule has 0 heterocycles. The number of nitrogens with zero attached hydrogens (tertiary/aromatic N) is 1. The highest BCUT2D eigenvalue weighted by atomic mass is 32.2. The minimum atomic E-state index is -3.69. The Morgan fingerprint density at radius 3 is 2.23 bits per heavy atom. The van der Waals surface area contributed by atoms with Gasteiger partial charge in [0.2, 0.25) is 15.9 Å². The van der Waals surface area contributed by atoms with Crippen LogP contribution in [0, 0.1) is 20.8 Å². The van der Waals surface area contributed by atoms with Crippen LogP contribution >= 0.6 is 0 Å². The zero-order valence-corrected chi connectivity index (χ0v) is 16.7. The topological polar surface area (TPSA) is 66.5 Å². The molecule has 6 heteroatoms. The maximum absolute atomic E-state index is 12.6. The van der Waals surface area contributed by atoms with Crippen LogP contribution in [0.3, 0.4) is 0 Å². The summed E-state index contributed by atoms with van der Waals surface area (Å²) in [6.07, 6.45) is 0. The van der Waals surface area contributed by atoms with E-state index in [9.17, 15) is 13.2 Å². The molecule has 0 aliphatic heterocycles. The van der Waals surface area contributed by atoms with E-state index >= 15 is 0 Å². The van der Waals surface area contributed by atoms with Crippen molar-refractivity contribution in [3.63, 3.8) is 0 Å². The summed E-state index contributed by atoms with van der Waals surface area (Å²) >= 11 is 0. The lowest BCUT2D eigenvalue weighted by Crippen LogP contribution is -2.39. The molecule has 0 fully saturated rings. The molecule has 0 saturated carbocycles. The molecule has 0 unspecified atom stereocenters. The minimum Gasteiger partial charge on any atom is -0.348 e. The minimum absolute atomic E-state index is 0.181. The van der Waals surface area contributed by atoms with Gasteiger partial charge in [0.15, 0.2) is 0 Å². The SMILES string of the molecule is Cc1ccc(S(=O)(=O)N(C)CC(=O)N[C@H](C)c2ccc(C)c(C)c2)cc1. The summed E-state index contributed by atoms with van der Waals surface area (Å²) in [6, 6.07) is 12.4. The third-order valence-electron chi connectivity index (χ3n) is 4.50. The van der Waals surface area contributed by atoms with Crippen molar-refractivity contribution < 1.29 is 13.2 Å². The van der Waals surface area contributed by atoms with Crippen molar-refractivity contribution in [1.82, 2.24) is 9.62 Å². The predicted octanol–water partition coefficient (Wildman–Crippen LogP) is 3.11. The molecule has 5 nitrogen and oxygen atoms in total. The number of nitrogens with one attached hydrogen (secondary N) is 1. The highest BCUT2D eigenvalue weighted by Crippen LogP contribution is 2.18. The summed E-state index contributed by atoms with van der Waals surface area (Å²) in [6.45, 7) is 7.60. The summed E-state index contributed by atoms with van der Waals surface area (Å²) in [5, 5.41) is 2.86. The number of hydrogen-bond acceptors (Lipinski definition) is 3. The first-order valence-corrected chi connectivity index (χ1v) is 9.95. The maximum Gasteiger partial charge on any atom is 0.243 e. The Morgan fingerprint density at radius 1 is 1.04 bits per heavy atom. The molecular weight excluding hydrogens is 348 g/mol. The van der Waals surface area contributed by atoms with Gasteiger partial charge in [0, 0.05) is 7.05 Å². The fourth-order valence-electron chi connectivity index (χ4n) is 2.58. The first kappa shape index (κ1) is 20.1. The van der Waals surface area contributed by atoms with Gasteiger partial charge in [0.25, 0.3) is 0 Å². The van der Waals surface area contributed by atoms with Gasteiger partial charge in [-0.3, -0.25) is 4.79 Å². The Labute approximate surface area is 156 Å². The van der Waals surface area contributed by atoms with Crippen LogP contribution in [0.5, 0.6) is 0 Å². The van der Waals surface area contributed by atoms with Crippen molar-refractivity contribution in [3.8, 4) is 0 Å². The monoisotopic (exact) mass is 374 g/mol. The van der Waals surface area contributed by atoms with Crippen molar-refractivity contribution in [1.29, 1.82) is 0 Å². The normalized spacial score (nSPS) is 12.8. The summed E-state index contributed by atoms with van der Waals surface area (Å²) in [5.41, 5.74) is 4.32. The van der Waals surface area contributed by atoms with Gasteiger partial charge in [-0.05, 0) is 56.5 Å². The average Bonchev–Trinajstić information content (AvgIpc) is 2.57. The molecule has 0 spiro atoms. The Bertz CT molecular complexity index is 890. The molecule has 2 aromatic rings. The second-order valence-electron chi connectivity index (χ2n) is 6.71. The van der Waals surface area contributed by atoms with Crippen LogP contribution < -0.4 is 5.32 Å². The average molecular weight is 375 g/mol. The Morgan fingerprint density at radius 2 is 1.65 bits per heavy atom. The number of hydrogen-bond donors (Lipinski definition) is 1. The highest BCUT2D eigenvalue weighted by molar-refractivity contribution is 7.89. The van der Waals surface area contributed by atoms with Gasteiger partial charge in [-0.2, -0.15) is 4.31 Å². The molecule has 0 saturated heterocycles. The molecule has 1 atom stereocenters. The van der Waals surface area contributed by atoms with Gasteiger partial charge in [0.05, 0.1) is 17.5 Å². The summed E-state index contributed by atoms with van der Waals surface area (Å²) in [7, 11) is -2.28. The lowest BCUT2D eigenvalue weighted by molar-refractivity contribution is -0.121. The number of benzene rings is 2. The van der Waals surface area contributed by atoms with E-state index in [0.717, 1.165) is 21.0 Å². The quantitative estimate of drug-likeness (QED) is 0.845. The lowest BCUT2D eigenvalue weighted by Gasteiger charge is -2.20. The zero-order valence-electron chi connectivity index (χ0n) is 15.9. The van der Waals surface area contributed by atoms with Gasteiger partial charge in [0.1, 0.15) is 0 Å². The summed E-state index contributed by atoms with van der Waals surface area (Å²) < 4.78 is 26.2. The number of aryl methyl sites for hydroxylation is 3.